The van der Waals surface area contributed by atoms with E-state index in [9.17, 15) is 0 Å². The van der Waals surface area contributed by atoms with E-state index in [0.717, 1.165) is 24.7 Å². The van der Waals surface area contributed by atoms with Gasteiger partial charge in [0.15, 0.2) is 5.96 Å². The molecule has 0 saturated carbocycles. The van der Waals surface area contributed by atoms with Crippen LogP contribution < -0.4 is 10.6 Å². The summed E-state index contributed by atoms with van der Waals surface area (Å²) in [4.78, 5) is 5.71. The van der Waals surface area contributed by atoms with Crippen molar-refractivity contribution in [3.05, 3.63) is 39.3 Å². The maximum absolute atomic E-state index is 5.15. The number of aryl methyl sites for hydroxylation is 1. The Labute approximate surface area is 154 Å². The van der Waals surface area contributed by atoms with Crippen LogP contribution in [0.4, 0.5) is 0 Å². The minimum absolute atomic E-state index is 0.457. The molecule has 2 N–H and O–H groups in total. The topological polar surface area (TPSA) is 63.5 Å². The molecule has 1 unspecified atom stereocenters. The Morgan fingerprint density at radius 1 is 1.40 bits per heavy atom. The van der Waals surface area contributed by atoms with Gasteiger partial charge in [-0.15, -0.1) is 11.3 Å². The van der Waals surface area contributed by atoms with Crippen molar-refractivity contribution in [1.82, 2.24) is 20.4 Å². The number of hydrogen-bond donors (Lipinski definition) is 2. The first kappa shape index (κ1) is 19.5. The summed E-state index contributed by atoms with van der Waals surface area (Å²) in [6.07, 6.45) is 0. The number of aromatic nitrogens is 2. The molecule has 6 nitrogen and oxygen atoms in total. The molecule has 2 aromatic heterocycles. The van der Waals surface area contributed by atoms with Crippen molar-refractivity contribution in [2.75, 3.05) is 27.3 Å². The van der Waals surface area contributed by atoms with E-state index in [1.807, 2.05) is 11.6 Å². The van der Waals surface area contributed by atoms with E-state index in [4.69, 9.17) is 4.74 Å². The molecule has 0 saturated heterocycles. The molecule has 0 amide bonds. The van der Waals surface area contributed by atoms with Gasteiger partial charge in [0, 0.05) is 49.3 Å². The molecule has 0 fully saturated rings. The number of rotatable bonds is 8. The third-order valence-electron chi connectivity index (χ3n) is 4.30. The van der Waals surface area contributed by atoms with E-state index in [1.54, 1.807) is 25.5 Å². The number of aliphatic imine (C=N–C) groups is 1. The first-order valence-corrected chi connectivity index (χ1v) is 9.44. The first-order chi connectivity index (χ1) is 12.1. The summed E-state index contributed by atoms with van der Waals surface area (Å²) in [5.74, 6) is 1.27. The standard InChI is InChI=1S/C18H29N5OS/c1-13(17-7-6-10-25-17)11-20-18(19-4)21-12-16-14(2)22-23(15(16)3)8-9-24-5/h6-7,10,13H,8-9,11-12H2,1-5H3,(H2,19,20,21). The van der Waals surface area contributed by atoms with Gasteiger partial charge in [-0.3, -0.25) is 9.67 Å². The van der Waals surface area contributed by atoms with Crippen LogP contribution in [0.2, 0.25) is 0 Å². The number of ether oxygens (including phenoxy) is 1. The minimum Gasteiger partial charge on any atom is -0.383 e. The summed E-state index contributed by atoms with van der Waals surface area (Å²) in [6, 6.07) is 4.27. The van der Waals surface area contributed by atoms with Crippen molar-refractivity contribution in [1.29, 1.82) is 0 Å². The van der Waals surface area contributed by atoms with E-state index < -0.39 is 0 Å². The van der Waals surface area contributed by atoms with Crippen LogP contribution in [0.1, 0.15) is 34.7 Å². The lowest BCUT2D eigenvalue weighted by atomic mass is 10.1. The van der Waals surface area contributed by atoms with Gasteiger partial charge >= 0.3 is 0 Å². The predicted molar refractivity (Wildman–Crippen MR) is 105 cm³/mol. The molecule has 0 aliphatic rings. The lowest BCUT2D eigenvalue weighted by molar-refractivity contribution is 0.182. The first-order valence-electron chi connectivity index (χ1n) is 8.56. The van der Waals surface area contributed by atoms with Crippen molar-refractivity contribution < 1.29 is 4.74 Å². The normalized spacial score (nSPS) is 13.1. The Hall–Kier alpha value is -1.86. The molecule has 1 atom stereocenters. The average molecular weight is 364 g/mol. The van der Waals surface area contributed by atoms with Gasteiger partial charge in [0.25, 0.3) is 0 Å². The number of thiophene rings is 1. The quantitative estimate of drug-likeness (QED) is 0.559. The van der Waals surface area contributed by atoms with Gasteiger partial charge in [0.2, 0.25) is 0 Å². The molecular weight excluding hydrogens is 334 g/mol. The fourth-order valence-electron chi connectivity index (χ4n) is 2.70. The number of hydrogen-bond acceptors (Lipinski definition) is 4. The minimum atomic E-state index is 0.457. The smallest absolute Gasteiger partial charge is 0.191 e. The zero-order valence-electron chi connectivity index (χ0n) is 15.8. The number of nitrogens with one attached hydrogen (secondary N) is 2. The lowest BCUT2D eigenvalue weighted by Gasteiger charge is -2.15. The van der Waals surface area contributed by atoms with Crippen molar-refractivity contribution in [3.8, 4) is 0 Å². The van der Waals surface area contributed by atoms with Crippen LogP contribution in [-0.2, 0) is 17.8 Å². The molecule has 0 aliphatic heterocycles. The Kier molecular flexibility index (Phi) is 7.46. The fraction of sp³-hybridized carbons (Fsp3) is 0.556. The summed E-state index contributed by atoms with van der Waals surface area (Å²) < 4.78 is 7.15. The summed E-state index contributed by atoms with van der Waals surface area (Å²) >= 11 is 1.79. The van der Waals surface area contributed by atoms with Crippen molar-refractivity contribution >= 4 is 17.3 Å². The number of methoxy groups -OCH3 is 1. The van der Waals surface area contributed by atoms with Gasteiger partial charge in [-0.25, -0.2) is 0 Å². The highest BCUT2D eigenvalue weighted by Gasteiger charge is 2.12. The molecule has 0 spiro atoms. The van der Waals surface area contributed by atoms with Crippen LogP contribution in [0.5, 0.6) is 0 Å². The Morgan fingerprint density at radius 2 is 2.20 bits per heavy atom. The third kappa shape index (κ3) is 5.31. The number of nitrogens with zero attached hydrogens (tertiary/aromatic N) is 3. The van der Waals surface area contributed by atoms with Crippen LogP contribution in [0.3, 0.4) is 0 Å². The maximum Gasteiger partial charge on any atom is 0.191 e. The summed E-state index contributed by atoms with van der Waals surface area (Å²) in [5, 5.41) is 13.5. The Bertz CT molecular complexity index is 678. The molecule has 2 rings (SSSR count). The van der Waals surface area contributed by atoms with Crippen LogP contribution >= 0.6 is 11.3 Å². The second kappa shape index (κ2) is 9.58. The van der Waals surface area contributed by atoms with Crippen LogP contribution in [0.15, 0.2) is 22.5 Å². The van der Waals surface area contributed by atoms with Crippen molar-refractivity contribution in [2.45, 2.75) is 39.8 Å². The third-order valence-corrected chi connectivity index (χ3v) is 5.40. The maximum atomic E-state index is 5.15. The Balaban J connectivity index is 1.89. The highest BCUT2D eigenvalue weighted by molar-refractivity contribution is 7.10. The number of guanidine groups is 1. The SMILES string of the molecule is CN=C(NCc1c(C)nn(CCOC)c1C)NCC(C)c1cccs1. The lowest BCUT2D eigenvalue weighted by Crippen LogP contribution is -2.38. The largest absolute Gasteiger partial charge is 0.383 e. The predicted octanol–water partition coefficient (Wildman–Crippen LogP) is 2.68. The molecule has 0 bridgehead atoms. The van der Waals surface area contributed by atoms with Gasteiger partial charge in [0.1, 0.15) is 0 Å². The molecular formula is C18H29N5OS. The molecule has 25 heavy (non-hydrogen) atoms. The van der Waals surface area contributed by atoms with Crippen LogP contribution in [0, 0.1) is 13.8 Å². The van der Waals surface area contributed by atoms with Gasteiger partial charge in [-0.2, -0.15) is 5.10 Å². The van der Waals surface area contributed by atoms with E-state index in [0.29, 0.717) is 19.1 Å². The average Bonchev–Trinajstić information content (AvgIpc) is 3.23. The second-order valence-electron chi connectivity index (χ2n) is 6.09. The molecule has 2 heterocycles. The van der Waals surface area contributed by atoms with E-state index in [2.05, 4.69) is 52.1 Å². The molecule has 0 radical (unpaired) electrons. The fourth-order valence-corrected chi connectivity index (χ4v) is 3.49. The Morgan fingerprint density at radius 3 is 2.84 bits per heavy atom. The zero-order valence-corrected chi connectivity index (χ0v) is 16.6. The van der Waals surface area contributed by atoms with Gasteiger partial charge in [-0.1, -0.05) is 13.0 Å². The van der Waals surface area contributed by atoms with E-state index in [1.165, 1.54) is 16.1 Å². The van der Waals surface area contributed by atoms with Crippen molar-refractivity contribution in [2.24, 2.45) is 4.99 Å². The zero-order chi connectivity index (χ0) is 18.2. The van der Waals surface area contributed by atoms with Crippen LogP contribution in [-0.4, -0.2) is 43.0 Å². The molecule has 2 aromatic rings. The second-order valence-corrected chi connectivity index (χ2v) is 7.07. The summed E-state index contributed by atoms with van der Waals surface area (Å²) in [5.41, 5.74) is 3.43. The van der Waals surface area contributed by atoms with E-state index >= 15 is 0 Å². The molecule has 0 aliphatic carbocycles. The molecule has 7 heteroatoms. The van der Waals surface area contributed by atoms with Gasteiger partial charge < -0.3 is 15.4 Å². The van der Waals surface area contributed by atoms with Crippen molar-refractivity contribution in [3.63, 3.8) is 0 Å². The monoisotopic (exact) mass is 363 g/mol. The summed E-state index contributed by atoms with van der Waals surface area (Å²) in [6.45, 7) is 9.36. The van der Waals surface area contributed by atoms with Crippen LogP contribution in [0.25, 0.3) is 0 Å². The van der Waals surface area contributed by atoms with E-state index in [-0.39, 0.29) is 0 Å². The summed E-state index contributed by atoms with van der Waals surface area (Å²) in [7, 11) is 3.51. The molecule has 0 aromatic carbocycles. The van der Waals surface area contributed by atoms with Gasteiger partial charge in [0.05, 0.1) is 18.8 Å². The molecule has 138 valence electrons. The van der Waals surface area contributed by atoms with Gasteiger partial charge in [-0.05, 0) is 25.3 Å². The highest BCUT2D eigenvalue weighted by atomic mass is 32.1. The highest BCUT2D eigenvalue weighted by Crippen LogP contribution is 2.19.